The van der Waals surface area contributed by atoms with Crippen LogP contribution in [0.4, 0.5) is 8.78 Å². The number of sulfonamides is 1. The van der Waals surface area contributed by atoms with Gasteiger partial charge in [-0.3, -0.25) is 9.59 Å². The van der Waals surface area contributed by atoms with Crippen molar-refractivity contribution in [3.63, 3.8) is 0 Å². The zero-order chi connectivity index (χ0) is 31.3. The van der Waals surface area contributed by atoms with Gasteiger partial charge >= 0.3 is 12.5 Å². The fourth-order valence-corrected chi connectivity index (χ4v) is 8.15. The van der Waals surface area contributed by atoms with E-state index in [1.807, 2.05) is 0 Å². The molecule has 7 nitrogen and oxygen atoms in total. The van der Waals surface area contributed by atoms with Crippen LogP contribution in [0.25, 0.3) is 0 Å². The Hall–Kier alpha value is -2.27. The highest BCUT2D eigenvalue weighted by molar-refractivity contribution is 7.90. The Morgan fingerprint density at radius 1 is 1.12 bits per heavy atom. The first-order valence-corrected chi connectivity index (χ1v) is 16.0. The number of nitrogens with zero attached hydrogens (tertiary/aromatic N) is 1. The number of carbonyl (C=O) groups is 2. The molecule has 1 heterocycles. The second-order valence-corrected chi connectivity index (χ2v) is 16.1. The van der Waals surface area contributed by atoms with Gasteiger partial charge in [0.15, 0.2) is 0 Å². The molecule has 1 saturated heterocycles. The van der Waals surface area contributed by atoms with Gasteiger partial charge in [0.1, 0.15) is 0 Å². The normalized spacial score (nSPS) is 24.9. The smallest absolute Gasteiger partial charge is 0.308 e. The monoisotopic (exact) mass is 644 g/mol. The minimum Gasteiger partial charge on any atom is -0.481 e. The summed E-state index contributed by atoms with van der Waals surface area (Å²) in [6, 6.07) is 12.3. The van der Waals surface area contributed by atoms with Crippen LogP contribution in [0.2, 0.25) is 10.0 Å². The summed E-state index contributed by atoms with van der Waals surface area (Å²) in [5.41, 5.74) is -1.99. The van der Waals surface area contributed by atoms with E-state index in [1.54, 1.807) is 55.5 Å². The molecule has 1 saturated carbocycles. The number of rotatable bonds is 10. The summed E-state index contributed by atoms with van der Waals surface area (Å²) in [5, 5.41) is 13.3. The van der Waals surface area contributed by atoms with Crippen LogP contribution in [-0.4, -0.2) is 47.0 Å². The van der Waals surface area contributed by atoms with Gasteiger partial charge in [0, 0.05) is 22.0 Å². The molecule has 230 valence electrons. The lowest BCUT2D eigenvalue weighted by Gasteiger charge is -2.50. The number of piperidine rings is 1. The molecule has 12 heteroatoms. The van der Waals surface area contributed by atoms with Crippen LogP contribution in [0.1, 0.15) is 76.8 Å². The van der Waals surface area contributed by atoms with E-state index >= 15 is 8.78 Å². The predicted octanol–water partition coefficient (Wildman–Crippen LogP) is 6.80. The average molecular weight is 646 g/mol. The van der Waals surface area contributed by atoms with Crippen molar-refractivity contribution in [2.45, 2.75) is 88.6 Å². The van der Waals surface area contributed by atoms with E-state index < -0.39 is 68.4 Å². The summed E-state index contributed by atoms with van der Waals surface area (Å²) in [4.78, 5) is 25.3. The van der Waals surface area contributed by atoms with Crippen molar-refractivity contribution in [3.8, 4) is 0 Å². The third kappa shape index (κ3) is 6.18. The quantitative estimate of drug-likeness (QED) is 0.277. The van der Waals surface area contributed by atoms with Crippen molar-refractivity contribution in [1.82, 2.24) is 9.62 Å². The number of amides is 1. The van der Waals surface area contributed by atoms with E-state index in [0.29, 0.717) is 38.3 Å². The molecule has 4 rings (SSSR count). The largest absolute Gasteiger partial charge is 0.481 e. The zero-order valence-electron chi connectivity index (χ0n) is 23.9. The maximum Gasteiger partial charge on any atom is 0.308 e. The minimum atomic E-state index is -4.61. The molecule has 4 atom stereocenters. The Morgan fingerprint density at radius 2 is 1.74 bits per heavy atom. The third-order valence-corrected chi connectivity index (χ3v) is 11.6. The van der Waals surface area contributed by atoms with E-state index in [4.69, 9.17) is 23.2 Å². The van der Waals surface area contributed by atoms with Gasteiger partial charge in [-0.25, -0.2) is 8.42 Å². The van der Waals surface area contributed by atoms with E-state index in [0.717, 1.165) is 0 Å². The lowest BCUT2D eigenvalue weighted by Crippen LogP contribution is -2.62. The number of hydrogen-bond donors (Lipinski definition) is 2. The Bertz CT molecular complexity index is 1450. The van der Waals surface area contributed by atoms with Crippen LogP contribution in [-0.2, 0) is 25.2 Å². The van der Waals surface area contributed by atoms with Crippen molar-refractivity contribution in [1.29, 1.82) is 0 Å². The Morgan fingerprint density at radius 3 is 2.24 bits per heavy atom. The molecule has 0 radical (unpaired) electrons. The van der Waals surface area contributed by atoms with Crippen LogP contribution in [0, 0.1) is 11.3 Å². The van der Waals surface area contributed by atoms with Crippen LogP contribution in [0.3, 0.4) is 0 Å². The van der Waals surface area contributed by atoms with Gasteiger partial charge in [0.05, 0.1) is 22.1 Å². The van der Waals surface area contributed by atoms with E-state index in [-0.39, 0.29) is 12.8 Å². The minimum absolute atomic E-state index is 0.0954. The molecule has 0 bridgehead atoms. The number of aliphatic carboxylic acids is 1. The van der Waals surface area contributed by atoms with E-state index in [2.05, 4.69) is 5.32 Å². The van der Waals surface area contributed by atoms with Crippen molar-refractivity contribution < 1.29 is 31.9 Å². The molecule has 2 N–H and O–H groups in total. The first-order chi connectivity index (χ1) is 19.4. The van der Waals surface area contributed by atoms with E-state index in [1.165, 1.54) is 20.8 Å². The first-order valence-electron chi connectivity index (χ1n) is 13.8. The van der Waals surface area contributed by atoms with Gasteiger partial charge in [-0.1, -0.05) is 54.4 Å². The molecule has 2 fully saturated rings. The van der Waals surface area contributed by atoms with Gasteiger partial charge in [0.2, 0.25) is 15.9 Å². The van der Waals surface area contributed by atoms with Crippen molar-refractivity contribution in [2.24, 2.45) is 11.3 Å². The fourth-order valence-electron chi connectivity index (χ4n) is 6.27. The lowest BCUT2D eigenvalue weighted by atomic mass is 9.66. The number of alkyl halides is 2. The molecule has 0 aromatic heterocycles. The predicted molar refractivity (Wildman–Crippen MR) is 158 cm³/mol. The maximum absolute atomic E-state index is 15.3. The zero-order valence-corrected chi connectivity index (χ0v) is 26.2. The highest BCUT2D eigenvalue weighted by Crippen LogP contribution is 2.57. The molecule has 2 aromatic rings. The topological polar surface area (TPSA) is 104 Å². The molecular formula is C30H36Cl2F2N2O5S. The number of carboxylic acid groups (broad SMARTS) is 1. The molecule has 1 amide bonds. The molecular weight excluding hydrogens is 609 g/mol. The van der Waals surface area contributed by atoms with Gasteiger partial charge in [-0.05, 0) is 87.8 Å². The average Bonchev–Trinajstić information content (AvgIpc) is 3.71. The molecule has 1 aliphatic carbocycles. The van der Waals surface area contributed by atoms with Gasteiger partial charge in [0.25, 0.3) is 0 Å². The van der Waals surface area contributed by atoms with Gasteiger partial charge in [-0.15, -0.1) is 4.31 Å². The number of nitrogens with one attached hydrogen (secondary N) is 1. The maximum atomic E-state index is 15.3. The highest BCUT2D eigenvalue weighted by Gasteiger charge is 2.61. The lowest BCUT2D eigenvalue weighted by molar-refractivity contribution is -0.148. The Labute approximate surface area is 255 Å². The summed E-state index contributed by atoms with van der Waals surface area (Å²) < 4.78 is 57.4. The summed E-state index contributed by atoms with van der Waals surface area (Å²) in [6.07, 6.45) is 0.494. The highest BCUT2D eigenvalue weighted by atomic mass is 35.5. The Balaban J connectivity index is 1.95. The number of carbonyl (C=O) groups excluding carboxylic acids is 1. The molecule has 2 aliphatic rings. The SMILES string of the molecule is CC1(CC(=O)O)CC(c2cccc(Cl)c2)C(CC(c2ccc(Cl)cc2)(C2CC2)N(C(F)F)S(=O)(=O)C(C)(C)C)NC1=O. The third-order valence-electron chi connectivity index (χ3n) is 8.57. The van der Waals surface area contributed by atoms with E-state index in [9.17, 15) is 23.1 Å². The fraction of sp³-hybridized carbons (Fsp3) is 0.533. The second kappa shape index (κ2) is 11.7. The van der Waals surface area contributed by atoms with Crippen molar-refractivity contribution in [3.05, 3.63) is 69.7 Å². The van der Waals surface area contributed by atoms with Gasteiger partial charge < -0.3 is 10.4 Å². The van der Waals surface area contributed by atoms with Gasteiger partial charge in [-0.2, -0.15) is 8.78 Å². The second-order valence-electron chi connectivity index (χ2n) is 12.7. The summed E-state index contributed by atoms with van der Waals surface area (Å²) in [7, 11) is -4.61. The van der Waals surface area contributed by atoms with Crippen LogP contribution < -0.4 is 5.32 Å². The number of halogens is 4. The molecule has 0 spiro atoms. The van der Waals surface area contributed by atoms with Crippen LogP contribution in [0.15, 0.2) is 48.5 Å². The molecule has 42 heavy (non-hydrogen) atoms. The van der Waals surface area contributed by atoms with Crippen LogP contribution in [0.5, 0.6) is 0 Å². The summed E-state index contributed by atoms with van der Waals surface area (Å²) in [5.74, 6) is -2.69. The number of carboxylic acids is 1. The number of benzene rings is 2. The Kier molecular flexibility index (Phi) is 9.07. The number of hydrogen-bond acceptors (Lipinski definition) is 4. The summed E-state index contributed by atoms with van der Waals surface area (Å²) >= 11 is 12.5. The molecule has 4 unspecified atom stereocenters. The molecule has 2 aromatic carbocycles. The summed E-state index contributed by atoms with van der Waals surface area (Å²) in [6.45, 7) is 2.32. The van der Waals surface area contributed by atoms with Crippen molar-refractivity contribution >= 4 is 45.1 Å². The molecule has 1 aliphatic heterocycles. The van der Waals surface area contributed by atoms with Crippen LogP contribution >= 0.6 is 23.2 Å². The first kappa shape index (κ1) is 32.6. The standard InChI is InChI=1S/C30H36Cl2F2N2O5S/c1-28(2,3)42(40,41)36(27(33)34)30(19-8-9-19,20-10-12-21(31)13-11-20)16-24-23(18-6-5-7-22(32)14-18)15-29(4,17-25(37)38)26(39)35-24/h5-7,10-14,19,23-24,27H,8-9,15-17H2,1-4H3,(H,35,39)(H,37,38). The van der Waals surface area contributed by atoms with Crippen molar-refractivity contribution in [2.75, 3.05) is 0 Å².